The van der Waals surface area contributed by atoms with Gasteiger partial charge in [-0.15, -0.1) is 6.42 Å². The Kier molecular flexibility index (Phi) is 5.27. The van der Waals surface area contributed by atoms with Crippen LogP contribution in [0, 0.1) is 12.3 Å². The standard InChI is InChI=1S/C13H24N2O/c1-4-8-15-9-6-12(7-10-15)14-11-13(3,16)5-2/h1,12,14,16H,5-11H2,2-3H3. The number of rotatable bonds is 5. The molecule has 0 amide bonds. The average molecular weight is 224 g/mol. The molecule has 16 heavy (non-hydrogen) atoms. The topological polar surface area (TPSA) is 35.5 Å². The third-order valence-electron chi connectivity index (χ3n) is 3.44. The van der Waals surface area contributed by atoms with Gasteiger partial charge in [-0.1, -0.05) is 12.8 Å². The molecule has 1 aliphatic rings. The molecule has 0 aromatic heterocycles. The van der Waals surface area contributed by atoms with Crippen molar-refractivity contribution in [2.45, 2.75) is 44.8 Å². The third-order valence-corrected chi connectivity index (χ3v) is 3.44. The van der Waals surface area contributed by atoms with Crippen LogP contribution in [0.2, 0.25) is 0 Å². The Labute approximate surface area is 99.2 Å². The molecule has 1 unspecified atom stereocenters. The van der Waals surface area contributed by atoms with Gasteiger partial charge in [0.05, 0.1) is 12.1 Å². The van der Waals surface area contributed by atoms with E-state index in [2.05, 4.69) is 16.1 Å². The first-order chi connectivity index (χ1) is 7.57. The highest BCUT2D eigenvalue weighted by Crippen LogP contribution is 2.12. The monoisotopic (exact) mass is 224 g/mol. The highest BCUT2D eigenvalue weighted by Gasteiger charge is 2.22. The smallest absolute Gasteiger partial charge is 0.0741 e. The summed E-state index contributed by atoms with van der Waals surface area (Å²) in [5, 5.41) is 13.3. The quantitative estimate of drug-likeness (QED) is 0.679. The van der Waals surface area contributed by atoms with Crippen molar-refractivity contribution in [2.75, 3.05) is 26.2 Å². The summed E-state index contributed by atoms with van der Waals surface area (Å²) in [7, 11) is 0. The number of aliphatic hydroxyl groups is 1. The van der Waals surface area contributed by atoms with Gasteiger partial charge in [0.15, 0.2) is 0 Å². The van der Waals surface area contributed by atoms with Crippen molar-refractivity contribution in [1.82, 2.24) is 10.2 Å². The summed E-state index contributed by atoms with van der Waals surface area (Å²) in [5.74, 6) is 2.68. The number of terminal acetylenes is 1. The summed E-state index contributed by atoms with van der Waals surface area (Å²) in [6.45, 7) is 7.47. The van der Waals surface area contributed by atoms with Gasteiger partial charge in [-0.2, -0.15) is 0 Å². The van der Waals surface area contributed by atoms with Gasteiger partial charge in [-0.25, -0.2) is 0 Å². The molecular weight excluding hydrogens is 200 g/mol. The summed E-state index contributed by atoms with van der Waals surface area (Å²) in [6.07, 6.45) is 8.33. The van der Waals surface area contributed by atoms with E-state index < -0.39 is 5.60 Å². The fourth-order valence-corrected chi connectivity index (χ4v) is 1.91. The van der Waals surface area contributed by atoms with E-state index in [4.69, 9.17) is 6.42 Å². The van der Waals surface area contributed by atoms with Crippen LogP contribution < -0.4 is 5.32 Å². The van der Waals surface area contributed by atoms with Gasteiger partial charge in [0.2, 0.25) is 0 Å². The van der Waals surface area contributed by atoms with Crippen LogP contribution in [0.1, 0.15) is 33.1 Å². The van der Waals surface area contributed by atoms with Crippen LogP contribution in [0.4, 0.5) is 0 Å². The predicted molar refractivity (Wildman–Crippen MR) is 67.2 cm³/mol. The van der Waals surface area contributed by atoms with Crippen molar-refractivity contribution in [3.05, 3.63) is 0 Å². The lowest BCUT2D eigenvalue weighted by Gasteiger charge is -2.33. The minimum atomic E-state index is -0.573. The van der Waals surface area contributed by atoms with Crippen molar-refractivity contribution >= 4 is 0 Å². The van der Waals surface area contributed by atoms with E-state index in [1.54, 1.807) is 0 Å². The molecule has 2 N–H and O–H groups in total. The second kappa shape index (κ2) is 6.24. The van der Waals surface area contributed by atoms with Crippen LogP contribution >= 0.6 is 0 Å². The predicted octanol–water partition coefficient (Wildman–Crippen LogP) is 0.835. The van der Waals surface area contributed by atoms with Crippen molar-refractivity contribution in [1.29, 1.82) is 0 Å². The van der Waals surface area contributed by atoms with Crippen LogP contribution in [0.25, 0.3) is 0 Å². The Morgan fingerprint density at radius 1 is 1.50 bits per heavy atom. The SMILES string of the molecule is C#CCN1CCC(NCC(C)(O)CC)CC1. The molecule has 0 radical (unpaired) electrons. The van der Waals surface area contributed by atoms with Crippen molar-refractivity contribution in [3.63, 3.8) is 0 Å². The molecule has 3 nitrogen and oxygen atoms in total. The van der Waals surface area contributed by atoms with Gasteiger partial charge in [0.25, 0.3) is 0 Å². The average Bonchev–Trinajstić information content (AvgIpc) is 2.29. The van der Waals surface area contributed by atoms with Gasteiger partial charge in [0.1, 0.15) is 0 Å². The molecule has 1 saturated heterocycles. The van der Waals surface area contributed by atoms with E-state index in [9.17, 15) is 5.11 Å². The largest absolute Gasteiger partial charge is 0.389 e. The van der Waals surface area contributed by atoms with E-state index >= 15 is 0 Å². The Bertz CT molecular complexity index is 237. The summed E-state index contributed by atoms with van der Waals surface area (Å²) >= 11 is 0. The highest BCUT2D eigenvalue weighted by atomic mass is 16.3. The fourth-order valence-electron chi connectivity index (χ4n) is 1.91. The van der Waals surface area contributed by atoms with Gasteiger partial charge in [-0.05, 0) is 26.2 Å². The molecule has 1 aliphatic heterocycles. The van der Waals surface area contributed by atoms with Crippen LogP contribution in [-0.4, -0.2) is 47.8 Å². The zero-order valence-electron chi connectivity index (χ0n) is 10.5. The molecule has 0 saturated carbocycles. The molecular formula is C13H24N2O. The molecule has 0 aromatic carbocycles. The number of hydrogen-bond acceptors (Lipinski definition) is 3. The van der Waals surface area contributed by atoms with Crippen LogP contribution in [0.3, 0.4) is 0 Å². The zero-order valence-corrected chi connectivity index (χ0v) is 10.5. The van der Waals surface area contributed by atoms with E-state index in [1.807, 2.05) is 13.8 Å². The first kappa shape index (κ1) is 13.5. The first-order valence-electron chi connectivity index (χ1n) is 6.19. The van der Waals surface area contributed by atoms with E-state index in [-0.39, 0.29) is 0 Å². The fraction of sp³-hybridized carbons (Fsp3) is 0.846. The second-order valence-corrected chi connectivity index (χ2v) is 4.99. The van der Waals surface area contributed by atoms with Crippen molar-refractivity contribution in [3.8, 4) is 12.3 Å². The molecule has 0 aromatic rings. The molecule has 0 bridgehead atoms. The summed E-state index contributed by atoms with van der Waals surface area (Å²) in [5.41, 5.74) is -0.573. The zero-order chi connectivity index (χ0) is 12.0. The lowest BCUT2D eigenvalue weighted by Crippen LogP contribution is -2.47. The Morgan fingerprint density at radius 2 is 2.12 bits per heavy atom. The Morgan fingerprint density at radius 3 is 2.62 bits per heavy atom. The van der Waals surface area contributed by atoms with Gasteiger partial charge < -0.3 is 10.4 Å². The van der Waals surface area contributed by atoms with E-state index in [0.29, 0.717) is 12.6 Å². The van der Waals surface area contributed by atoms with E-state index in [0.717, 1.165) is 38.9 Å². The number of piperidine rings is 1. The lowest BCUT2D eigenvalue weighted by atomic mass is 10.0. The van der Waals surface area contributed by atoms with Crippen LogP contribution in [0.5, 0.6) is 0 Å². The second-order valence-electron chi connectivity index (χ2n) is 4.99. The van der Waals surface area contributed by atoms with Gasteiger partial charge in [-0.3, -0.25) is 4.90 Å². The Hall–Kier alpha value is -0.560. The van der Waals surface area contributed by atoms with Crippen LogP contribution in [-0.2, 0) is 0 Å². The maximum atomic E-state index is 9.89. The minimum absolute atomic E-state index is 0.534. The summed E-state index contributed by atoms with van der Waals surface area (Å²) in [4.78, 5) is 2.30. The summed E-state index contributed by atoms with van der Waals surface area (Å²) in [6, 6.07) is 0.534. The molecule has 1 rings (SSSR count). The molecule has 92 valence electrons. The van der Waals surface area contributed by atoms with Crippen molar-refractivity contribution in [2.24, 2.45) is 0 Å². The maximum Gasteiger partial charge on any atom is 0.0741 e. The first-order valence-corrected chi connectivity index (χ1v) is 6.19. The van der Waals surface area contributed by atoms with Crippen molar-refractivity contribution < 1.29 is 5.11 Å². The minimum Gasteiger partial charge on any atom is -0.389 e. The molecule has 1 atom stereocenters. The Balaban J connectivity index is 2.20. The number of likely N-dealkylation sites (tertiary alicyclic amines) is 1. The maximum absolute atomic E-state index is 9.89. The number of nitrogens with zero attached hydrogens (tertiary/aromatic N) is 1. The van der Waals surface area contributed by atoms with Crippen LogP contribution in [0.15, 0.2) is 0 Å². The summed E-state index contributed by atoms with van der Waals surface area (Å²) < 4.78 is 0. The molecule has 0 spiro atoms. The molecule has 0 aliphatic carbocycles. The molecule has 1 heterocycles. The number of nitrogens with one attached hydrogen (secondary N) is 1. The van der Waals surface area contributed by atoms with Gasteiger partial charge in [0, 0.05) is 25.7 Å². The van der Waals surface area contributed by atoms with E-state index in [1.165, 1.54) is 0 Å². The molecule has 3 heteroatoms. The normalized spacial score (nSPS) is 22.6. The third kappa shape index (κ3) is 4.52. The highest BCUT2D eigenvalue weighted by molar-refractivity contribution is 4.90. The lowest BCUT2D eigenvalue weighted by molar-refractivity contribution is 0.0497. The molecule has 1 fully saturated rings. The van der Waals surface area contributed by atoms with Gasteiger partial charge >= 0.3 is 0 Å². The number of hydrogen-bond donors (Lipinski definition) is 2.